The van der Waals surface area contributed by atoms with Gasteiger partial charge in [0.1, 0.15) is 6.10 Å². The highest BCUT2D eigenvalue weighted by molar-refractivity contribution is 5.89. The first-order chi connectivity index (χ1) is 13.3. The highest BCUT2D eigenvalue weighted by Crippen LogP contribution is 2.51. The summed E-state index contributed by atoms with van der Waals surface area (Å²) in [4.78, 5) is 12.2. The van der Waals surface area contributed by atoms with Crippen molar-refractivity contribution in [3.8, 4) is 0 Å². The minimum absolute atomic E-state index is 0.185. The van der Waals surface area contributed by atoms with E-state index in [-0.39, 0.29) is 18.4 Å². The average molecular weight is 426 g/mol. The summed E-state index contributed by atoms with van der Waals surface area (Å²) < 4.78 is 83.1. The summed E-state index contributed by atoms with van der Waals surface area (Å²) in [5.41, 5.74) is -3.45. The summed E-state index contributed by atoms with van der Waals surface area (Å²) >= 11 is 0. The molecule has 0 spiro atoms. The van der Waals surface area contributed by atoms with E-state index in [2.05, 4.69) is 0 Å². The fraction of sp³-hybridized carbons (Fsp3) is 0.650. The van der Waals surface area contributed by atoms with Gasteiger partial charge in [0.2, 0.25) is 0 Å². The number of esters is 1. The number of ether oxygens (including phenoxy) is 1. The number of carbonyl (C=O) groups excluding carboxylic acids is 1. The van der Waals surface area contributed by atoms with Crippen LogP contribution in [0.25, 0.3) is 0 Å². The normalized spacial score (nSPS) is 22.2. The van der Waals surface area contributed by atoms with Crippen LogP contribution in [-0.2, 0) is 4.74 Å². The molecule has 1 fully saturated rings. The topological polar surface area (TPSA) is 46.5 Å². The van der Waals surface area contributed by atoms with E-state index in [9.17, 15) is 36.2 Å². The van der Waals surface area contributed by atoms with Crippen LogP contribution in [0.5, 0.6) is 0 Å². The lowest BCUT2D eigenvalue weighted by atomic mass is 9.75. The molecule has 29 heavy (non-hydrogen) atoms. The lowest BCUT2D eigenvalue weighted by molar-refractivity contribution is -0.387. The van der Waals surface area contributed by atoms with Crippen molar-refractivity contribution in [2.75, 3.05) is 0 Å². The Bertz CT molecular complexity index is 674. The van der Waals surface area contributed by atoms with Gasteiger partial charge in [-0.1, -0.05) is 26.0 Å². The van der Waals surface area contributed by atoms with E-state index in [1.165, 1.54) is 0 Å². The number of hydrogen-bond acceptors (Lipinski definition) is 3. The van der Waals surface area contributed by atoms with Crippen molar-refractivity contribution >= 4 is 5.97 Å². The summed E-state index contributed by atoms with van der Waals surface area (Å²) in [5.74, 6) is -2.39. The number of carbonyl (C=O) groups is 1. The molecule has 0 aromatic heterocycles. The van der Waals surface area contributed by atoms with Gasteiger partial charge in [0.15, 0.2) is 0 Å². The van der Waals surface area contributed by atoms with Crippen LogP contribution in [0, 0.1) is 5.92 Å². The summed E-state index contributed by atoms with van der Waals surface area (Å²) in [7, 11) is 0. The van der Waals surface area contributed by atoms with Crippen LogP contribution in [0.4, 0.5) is 26.3 Å². The first-order valence-corrected chi connectivity index (χ1v) is 9.48. The standard InChI is InChI=1S/C20H24F6O3/c1-3-12(2)13-4-6-14(7-5-13)17(27)29-16-10-8-15(9-11-16)18(28,19(21,22)23)20(24,25)26/h4-7,12,15-16,28H,3,8-11H2,1-2H3. The molecule has 9 heteroatoms. The number of halogens is 6. The summed E-state index contributed by atoms with van der Waals surface area (Å²) in [6.45, 7) is 4.07. The number of hydrogen-bond donors (Lipinski definition) is 1. The van der Waals surface area contributed by atoms with Crippen molar-refractivity contribution in [3.05, 3.63) is 35.4 Å². The van der Waals surface area contributed by atoms with Gasteiger partial charge in [-0.2, -0.15) is 26.3 Å². The lowest BCUT2D eigenvalue weighted by Crippen LogP contribution is -2.62. The van der Waals surface area contributed by atoms with Crippen molar-refractivity contribution in [1.29, 1.82) is 0 Å². The van der Waals surface area contributed by atoms with Crippen LogP contribution in [0.3, 0.4) is 0 Å². The van der Waals surface area contributed by atoms with E-state index in [0.29, 0.717) is 5.92 Å². The van der Waals surface area contributed by atoms with Crippen molar-refractivity contribution in [1.82, 2.24) is 0 Å². The largest absolute Gasteiger partial charge is 0.459 e. The third kappa shape index (κ3) is 4.87. The molecule has 2 rings (SSSR count). The van der Waals surface area contributed by atoms with Gasteiger partial charge in [-0.05, 0) is 55.7 Å². The van der Waals surface area contributed by atoms with E-state index in [1.807, 2.05) is 13.8 Å². The molecule has 164 valence electrons. The second-order valence-electron chi connectivity index (χ2n) is 7.57. The van der Waals surface area contributed by atoms with Gasteiger partial charge in [0.25, 0.3) is 5.60 Å². The van der Waals surface area contributed by atoms with Gasteiger partial charge >= 0.3 is 18.3 Å². The Hall–Kier alpha value is -1.77. The van der Waals surface area contributed by atoms with Crippen molar-refractivity contribution in [2.45, 2.75) is 75.9 Å². The molecular formula is C20H24F6O3. The molecule has 1 N–H and O–H groups in total. The Balaban J connectivity index is 1.99. The first kappa shape index (κ1) is 23.5. The highest BCUT2D eigenvalue weighted by Gasteiger charge is 2.73. The number of alkyl halides is 6. The van der Waals surface area contributed by atoms with Crippen molar-refractivity contribution in [3.63, 3.8) is 0 Å². The first-order valence-electron chi connectivity index (χ1n) is 9.48. The molecule has 0 saturated heterocycles. The van der Waals surface area contributed by atoms with Crippen molar-refractivity contribution in [2.24, 2.45) is 5.92 Å². The third-order valence-electron chi connectivity index (χ3n) is 5.73. The summed E-state index contributed by atoms with van der Waals surface area (Å²) in [6, 6.07) is 6.74. The maximum Gasteiger partial charge on any atom is 0.426 e. The van der Waals surface area contributed by atoms with Crippen LogP contribution >= 0.6 is 0 Å². The van der Waals surface area contributed by atoms with Crippen LogP contribution in [0.1, 0.15) is 67.8 Å². The minimum Gasteiger partial charge on any atom is -0.459 e. The molecule has 1 unspecified atom stereocenters. The second kappa shape index (κ2) is 8.53. The average Bonchev–Trinajstić information content (AvgIpc) is 2.65. The van der Waals surface area contributed by atoms with E-state index in [4.69, 9.17) is 4.74 Å². The molecule has 1 aliphatic rings. The van der Waals surface area contributed by atoms with Crippen LogP contribution in [0.2, 0.25) is 0 Å². The molecule has 1 atom stereocenters. The molecule has 1 aromatic carbocycles. The Labute approximate surface area is 165 Å². The molecular weight excluding hydrogens is 402 g/mol. The smallest absolute Gasteiger partial charge is 0.426 e. The van der Waals surface area contributed by atoms with Gasteiger partial charge in [0.05, 0.1) is 5.56 Å². The molecule has 1 saturated carbocycles. The molecule has 1 aromatic rings. The zero-order valence-electron chi connectivity index (χ0n) is 16.1. The van der Waals surface area contributed by atoms with Crippen LogP contribution < -0.4 is 0 Å². The third-order valence-corrected chi connectivity index (χ3v) is 5.73. The number of rotatable bonds is 5. The summed E-state index contributed by atoms with van der Waals surface area (Å²) in [5, 5.41) is 9.49. The maximum absolute atomic E-state index is 13.0. The van der Waals surface area contributed by atoms with Gasteiger partial charge < -0.3 is 9.84 Å². The van der Waals surface area contributed by atoms with E-state index in [0.717, 1.165) is 12.0 Å². The highest BCUT2D eigenvalue weighted by atomic mass is 19.4. The zero-order valence-corrected chi connectivity index (χ0v) is 16.1. The van der Waals surface area contributed by atoms with Crippen LogP contribution in [0.15, 0.2) is 24.3 Å². The monoisotopic (exact) mass is 426 g/mol. The van der Waals surface area contributed by atoms with Gasteiger partial charge in [-0.3, -0.25) is 0 Å². The Morgan fingerprint density at radius 3 is 1.93 bits per heavy atom. The predicted molar refractivity (Wildman–Crippen MR) is 93.4 cm³/mol. The lowest BCUT2D eigenvalue weighted by Gasteiger charge is -2.41. The Morgan fingerprint density at radius 1 is 1.03 bits per heavy atom. The minimum atomic E-state index is -5.84. The molecule has 0 bridgehead atoms. The molecule has 0 radical (unpaired) electrons. The molecule has 1 aliphatic carbocycles. The fourth-order valence-electron chi connectivity index (χ4n) is 3.62. The molecule has 0 heterocycles. The van der Waals surface area contributed by atoms with Crippen LogP contribution in [-0.4, -0.2) is 35.1 Å². The predicted octanol–water partition coefficient (Wildman–Crippen LogP) is 5.77. The van der Waals surface area contributed by atoms with Gasteiger partial charge in [-0.15, -0.1) is 0 Å². The maximum atomic E-state index is 13.0. The van der Waals surface area contributed by atoms with Gasteiger partial charge in [0, 0.05) is 5.92 Å². The fourth-order valence-corrected chi connectivity index (χ4v) is 3.62. The Kier molecular flexibility index (Phi) is 6.92. The molecule has 0 aliphatic heterocycles. The van der Waals surface area contributed by atoms with E-state index < -0.39 is 48.8 Å². The quantitative estimate of drug-likeness (QED) is 0.480. The number of benzene rings is 1. The summed E-state index contributed by atoms with van der Waals surface area (Å²) in [6.07, 6.45) is -13.0. The Morgan fingerprint density at radius 2 is 1.52 bits per heavy atom. The van der Waals surface area contributed by atoms with Gasteiger partial charge in [-0.25, -0.2) is 4.79 Å². The van der Waals surface area contributed by atoms with Crippen molar-refractivity contribution < 1.29 is 41.0 Å². The SMILES string of the molecule is CCC(C)c1ccc(C(=O)OC2CCC(C(O)(C(F)(F)F)C(F)(F)F)CC2)cc1. The van der Waals surface area contributed by atoms with E-state index >= 15 is 0 Å². The van der Waals surface area contributed by atoms with E-state index in [1.54, 1.807) is 24.3 Å². The second-order valence-corrected chi connectivity index (χ2v) is 7.57. The molecule has 0 amide bonds. The number of aliphatic hydroxyl groups is 1. The molecule has 3 nitrogen and oxygen atoms in total. The zero-order chi connectivity index (χ0) is 22.0.